The summed E-state index contributed by atoms with van der Waals surface area (Å²) in [6.45, 7) is 2.48. The van der Waals surface area contributed by atoms with Gasteiger partial charge < -0.3 is 10.2 Å². The van der Waals surface area contributed by atoms with Crippen molar-refractivity contribution in [1.82, 2.24) is 4.31 Å². The molecule has 2 N–H and O–H groups in total. The maximum absolute atomic E-state index is 13.7. The molecular weight excluding hydrogens is 289 g/mol. The third-order valence-electron chi connectivity index (χ3n) is 2.75. The summed E-state index contributed by atoms with van der Waals surface area (Å²) in [6.07, 6.45) is -0.900. The quantitative estimate of drug-likeness (QED) is 0.840. The molecule has 1 rings (SSSR count). The van der Waals surface area contributed by atoms with E-state index >= 15 is 0 Å². The predicted octanol–water partition coefficient (Wildman–Crippen LogP) is 0.834. The SMILES string of the molecule is Cc1c(F)cc(C(=O)O)cc1S(=O)(=O)N(C)CC(C)O. The summed E-state index contributed by atoms with van der Waals surface area (Å²) in [5, 5.41) is 18.1. The van der Waals surface area contributed by atoms with Gasteiger partial charge in [0.25, 0.3) is 0 Å². The molecule has 0 saturated carbocycles. The van der Waals surface area contributed by atoms with Crippen LogP contribution in [0, 0.1) is 12.7 Å². The standard InChI is InChI=1S/C12H16FNO5S/c1-7(15)6-14(3)20(18,19)11-5-9(12(16)17)4-10(13)8(11)2/h4-5,7,15H,6H2,1-3H3,(H,16,17). The van der Waals surface area contributed by atoms with Crippen molar-refractivity contribution in [2.75, 3.05) is 13.6 Å². The number of hydrogen-bond acceptors (Lipinski definition) is 4. The number of nitrogens with zero attached hydrogens (tertiary/aromatic N) is 1. The number of rotatable bonds is 5. The fourth-order valence-corrected chi connectivity index (χ4v) is 3.19. The van der Waals surface area contributed by atoms with E-state index in [1.807, 2.05) is 0 Å². The molecule has 0 aliphatic heterocycles. The zero-order valence-electron chi connectivity index (χ0n) is 11.3. The molecule has 0 saturated heterocycles. The molecule has 20 heavy (non-hydrogen) atoms. The predicted molar refractivity (Wildman–Crippen MR) is 69.6 cm³/mol. The minimum atomic E-state index is -4.07. The van der Waals surface area contributed by atoms with E-state index in [1.165, 1.54) is 20.9 Å². The van der Waals surface area contributed by atoms with Gasteiger partial charge in [-0.2, -0.15) is 4.31 Å². The Morgan fingerprint density at radius 1 is 1.45 bits per heavy atom. The number of carboxylic acid groups (broad SMARTS) is 1. The molecule has 0 heterocycles. The molecule has 0 fully saturated rings. The molecule has 6 nitrogen and oxygen atoms in total. The molecule has 0 aromatic heterocycles. The lowest BCUT2D eigenvalue weighted by atomic mass is 10.1. The van der Waals surface area contributed by atoms with E-state index in [-0.39, 0.29) is 12.1 Å². The van der Waals surface area contributed by atoms with Crippen molar-refractivity contribution in [2.45, 2.75) is 24.8 Å². The maximum Gasteiger partial charge on any atom is 0.335 e. The largest absolute Gasteiger partial charge is 0.478 e. The Morgan fingerprint density at radius 3 is 2.45 bits per heavy atom. The molecular formula is C12H16FNO5S. The third-order valence-corrected chi connectivity index (χ3v) is 4.70. The fourth-order valence-electron chi connectivity index (χ4n) is 1.68. The zero-order chi connectivity index (χ0) is 15.7. The number of carbonyl (C=O) groups is 1. The van der Waals surface area contributed by atoms with E-state index in [4.69, 9.17) is 5.11 Å². The second-order valence-electron chi connectivity index (χ2n) is 4.52. The van der Waals surface area contributed by atoms with Gasteiger partial charge in [0.1, 0.15) is 5.82 Å². The van der Waals surface area contributed by atoms with Crippen molar-refractivity contribution in [1.29, 1.82) is 0 Å². The normalized spacial score (nSPS) is 13.5. The van der Waals surface area contributed by atoms with Crippen LogP contribution in [0.5, 0.6) is 0 Å². The average molecular weight is 305 g/mol. The second kappa shape index (κ2) is 5.86. The van der Waals surface area contributed by atoms with Crippen LogP contribution in [0.2, 0.25) is 0 Å². The summed E-state index contributed by atoms with van der Waals surface area (Å²) in [6, 6.07) is 1.68. The summed E-state index contributed by atoms with van der Waals surface area (Å²) >= 11 is 0. The van der Waals surface area contributed by atoms with Crippen molar-refractivity contribution < 1.29 is 27.8 Å². The second-order valence-corrected chi connectivity index (χ2v) is 6.53. The molecule has 1 unspecified atom stereocenters. The van der Waals surface area contributed by atoms with E-state index in [2.05, 4.69) is 0 Å². The number of carboxylic acids is 1. The molecule has 1 aromatic rings. The van der Waals surface area contributed by atoms with Gasteiger partial charge in [-0.3, -0.25) is 0 Å². The Balaban J connectivity index is 3.41. The van der Waals surface area contributed by atoms with Crippen molar-refractivity contribution in [3.8, 4) is 0 Å². The van der Waals surface area contributed by atoms with E-state index < -0.39 is 38.4 Å². The van der Waals surface area contributed by atoms with E-state index in [0.29, 0.717) is 0 Å². The summed E-state index contributed by atoms with van der Waals surface area (Å²) < 4.78 is 39.1. The molecule has 1 atom stereocenters. The van der Waals surface area contributed by atoms with Crippen LogP contribution in [0.15, 0.2) is 17.0 Å². The average Bonchev–Trinajstić information content (AvgIpc) is 2.30. The van der Waals surface area contributed by atoms with Crippen LogP contribution < -0.4 is 0 Å². The van der Waals surface area contributed by atoms with Crippen LogP contribution in [0.1, 0.15) is 22.8 Å². The first kappa shape index (κ1) is 16.5. The number of aromatic carboxylic acids is 1. The lowest BCUT2D eigenvalue weighted by Crippen LogP contribution is -2.33. The number of likely N-dealkylation sites (N-methyl/N-ethyl adjacent to an activating group) is 1. The van der Waals surface area contributed by atoms with Crippen molar-refractivity contribution in [3.63, 3.8) is 0 Å². The first-order chi connectivity index (χ1) is 9.07. The van der Waals surface area contributed by atoms with Crippen LogP contribution in [0.25, 0.3) is 0 Å². The number of hydrogen-bond donors (Lipinski definition) is 2. The van der Waals surface area contributed by atoms with Gasteiger partial charge in [0.05, 0.1) is 16.6 Å². The van der Waals surface area contributed by atoms with Gasteiger partial charge in [-0.25, -0.2) is 17.6 Å². The van der Waals surface area contributed by atoms with Crippen molar-refractivity contribution >= 4 is 16.0 Å². The number of aliphatic hydroxyl groups is 1. The van der Waals surface area contributed by atoms with Crippen molar-refractivity contribution in [3.05, 3.63) is 29.1 Å². The van der Waals surface area contributed by atoms with E-state index in [1.54, 1.807) is 0 Å². The van der Waals surface area contributed by atoms with Gasteiger partial charge >= 0.3 is 5.97 Å². The van der Waals surface area contributed by atoms with Crippen LogP contribution in [0.3, 0.4) is 0 Å². The van der Waals surface area contributed by atoms with Crippen LogP contribution in [-0.4, -0.2) is 48.6 Å². The lowest BCUT2D eigenvalue weighted by Gasteiger charge is -2.20. The van der Waals surface area contributed by atoms with Crippen LogP contribution >= 0.6 is 0 Å². The monoisotopic (exact) mass is 305 g/mol. The smallest absolute Gasteiger partial charge is 0.335 e. The van der Waals surface area contributed by atoms with E-state index in [0.717, 1.165) is 16.4 Å². The highest BCUT2D eigenvalue weighted by atomic mass is 32.2. The minimum Gasteiger partial charge on any atom is -0.478 e. The third kappa shape index (κ3) is 3.33. The fraction of sp³-hybridized carbons (Fsp3) is 0.417. The van der Waals surface area contributed by atoms with Gasteiger partial charge in [-0.05, 0) is 26.0 Å². The Labute approximate surface area is 116 Å². The summed E-state index contributed by atoms with van der Waals surface area (Å²) in [7, 11) is -2.84. The van der Waals surface area contributed by atoms with Crippen molar-refractivity contribution in [2.24, 2.45) is 0 Å². The van der Waals surface area contributed by atoms with Gasteiger partial charge in [-0.15, -0.1) is 0 Å². The molecule has 0 aliphatic rings. The van der Waals surface area contributed by atoms with Gasteiger partial charge in [0.15, 0.2) is 0 Å². The molecule has 0 amide bonds. The highest BCUT2D eigenvalue weighted by Gasteiger charge is 2.26. The number of sulfonamides is 1. The Kier molecular flexibility index (Phi) is 4.85. The molecule has 1 aromatic carbocycles. The first-order valence-corrected chi connectivity index (χ1v) is 7.19. The highest BCUT2D eigenvalue weighted by molar-refractivity contribution is 7.89. The minimum absolute atomic E-state index is 0.160. The molecule has 112 valence electrons. The molecule has 0 bridgehead atoms. The summed E-state index contributed by atoms with van der Waals surface area (Å²) in [5.41, 5.74) is -0.607. The van der Waals surface area contributed by atoms with Gasteiger partial charge in [-0.1, -0.05) is 0 Å². The van der Waals surface area contributed by atoms with E-state index in [9.17, 15) is 22.7 Å². The molecule has 0 spiro atoms. The van der Waals surface area contributed by atoms with Gasteiger partial charge in [0, 0.05) is 19.2 Å². The lowest BCUT2D eigenvalue weighted by molar-refractivity contribution is 0.0696. The number of halogens is 1. The Morgan fingerprint density at radius 2 is 2.00 bits per heavy atom. The van der Waals surface area contributed by atoms with Crippen LogP contribution in [-0.2, 0) is 10.0 Å². The Hall–Kier alpha value is -1.51. The topological polar surface area (TPSA) is 94.9 Å². The van der Waals surface area contributed by atoms with Crippen LogP contribution in [0.4, 0.5) is 4.39 Å². The summed E-state index contributed by atoms with van der Waals surface area (Å²) in [4.78, 5) is 10.5. The zero-order valence-corrected chi connectivity index (χ0v) is 12.1. The molecule has 8 heteroatoms. The van der Waals surface area contributed by atoms with Gasteiger partial charge in [0.2, 0.25) is 10.0 Å². The first-order valence-electron chi connectivity index (χ1n) is 5.75. The number of benzene rings is 1. The molecule has 0 radical (unpaired) electrons. The highest BCUT2D eigenvalue weighted by Crippen LogP contribution is 2.23. The maximum atomic E-state index is 13.7. The number of aliphatic hydroxyl groups excluding tert-OH is 1. The summed E-state index contributed by atoms with van der Waals surface area (Å²) in [5.74, 6) is -2.33. The Bertz CT molecular complexity index is 627. The molecule has 0 aliphatic carbocycles.